The molecule has 1 rings (SSSR count). The van der Waals surface area contributed by atoms with Crippen molar-refractivity contribution in [3.05, 3.63) is 34.3 Å². The number of hydrogen-bond donors (Lipinski definition) is 0. The van der Waals surface area contributed by atoms with Gasteiger partial charge >= 0.3 is 5.97 Å². The summed E-state index contributed by atoms with van der Waals surface area (Å²) in [5.41, 5.74) is 2.21. The van der Waals surface area contributed by atoms with Crippen molar-refractivity contribution in [1.82, 2.24) is 0 Å². The van der Waals surface area contributed by atoms with Gasteiger partial charge in [0.15, 0.2) is 0 Å². The van der Waals surface area contributed by atoms with Gasteiger partial charge in [-0.15, -0.1) is 0 Å². The molecule has 0 N–H and O–H groups in total. The standard InChI is InChI=1S/C12H14BrClO2/c1-8-5-9(3-4-11(8)14)6-10(13)7-12(15)16-2/h3-5,10H,6-7H2,1-2H3. The Labute approximate surface area is 109 Å². The van der Waals surface area contributed by atoms with Crippen LogP contribution in [0.1, 0.15) is 17.5 Å². The van der Waals surface area contributed by atoms with Crippen LogP contribution in [0.15, 0.2) is 18.2 Å². The Morgan fingerprint density at radius 3 is 2.81 bits per heavy atom. The predicted molar refractivity (Wildman–Crippen MR) is 69.2 cm³/mol. The van der Waals surface area contributed by atoms with Crippen molar-refractivity contribution in [2.75, 3.05) is 7.11 Å². The van der Waals surface area contributed by atoms with Crippen LogP contribution in [0.5, 0.6) is 0 Å². The minimum Gasteiger partial charge on any atom is -0.469 e. The molecule has 0 aliphatic carbocycles. The fourth-order valence-corrected chi connectivity index (χ4v) is 2.18. The van der Waals surface area contributed by atoms with Gasteiger partial charge in [0.1, 0.15) is 0 Å². The molecule has 0 heterocycles. The summed E-state index contributed by atoms with van der Waals surface area (Å²) in [6.45, 7) is 1.97. The Morgan fingerprint density at radius 2 is 2.25 bits per heavy atom. The van der Waals surface area contributed by atoms with Crippen LogP contribution in [0, 0.1) is 6.92 Å². The molecular formula is C12H14BrClO2. The van der Waals surface area contributed by atoms with Crippen molar-refractivity contribution >= 4 is 33.5 Å². The van der Waals surface area contributed by atoms with Crippen molar-refractivity contribution in [3.63, 3.8) is 0 Å². The molecule has 0 radical (unpaired) electrons. The zero-order chi connectivity index (χ0) is 12.1. The van der Waals surface area contributed by atoms with E-state index in [0.29, 0.717) is 6.42 Å². The van der Waals surface area contributed by atoms with Crippen molar-refractivity contribution in [1.29, 1.82) is 0 Å². The number of esters is 1. The number of carbonyl (C=O) groups excluding carboxylic acids is 1. The van der Waals surface area contributed by atoms with Crippen LogP contribution in [0.2, 0.25) is 5.02 Å². The van der Waals surface area contributed by atoms with E-state index in [9.17, 15) is 4.79 Å². The Balaban J connectivity index is 2.59. The first-order valence-electron chi connectivity index (χ1n) is 4.99. The van der Waals surface area contributed by atoms with E-state index in [1.54, 1.807) is 0 Å². The molecule has 0 bridgehead atoms. The molecular weight excluding hydrogens is 291 g/mol. The summed E-state index contributed by atoms with van der Waals surface area (Å²) >= 11 is 9.40. The minimum absolute atomic E-state index is 0.0977. The maximum atomic E-state index is 11.1. The lowest BCUT2D eigenvalue weighted by Gasteiger charge is -2.09. The summed E-state index contributed by atoms with van der Waals surface area (Å²) < 4.78 is 4.61. The number of hydrogen-bond acceptors (Lipinski definition) is 2. The van der Waals surface area contributed by atoms with Crippen LogP contribution in [0.3, 0.4) is 0 Å². The van der Waals surface area contributed by atoms with E-state index in [2.05, 4.69) is 20.7 Å². The number of rotatable bonds is 4. The van der Waals surface area contributed by atoms with Gasteiger partial charge in [-0.1, -0.05) is 39.7 Å². The number of benzene rings is 1. The highest BCUT2D eigenvalue weighted by atomic mass is 79.9. The first-order chi connectivity index (χ1) is 7.52. The summed E-state index contributed by atoms with van der Waals surface area (Å²) in [7, 11) is 1.40. The van der Waals surface area contributed by atoms with E-state index in [1.165, 1.54) is 7.11 Å². The number of ether oxygens (including phenoxy) is 1. The molecule has 1 aromatic rings. The normalized spacial score (nSPS) is 12.2. The minimum atomic E-state index is -0.201. The van der Waals surface area contributed by atoms with Gasteiger partial charge in [0.2, 0.25) is 0 Å². The fourth-order valence-electron chi connectivity index (χ4n) is 1.43. The largest absolute Gasteiger partial charge is 0.469 e. The molecule has 0 aliphatic rings. The van der Waals surface area contributed by atoms with Gasteiger partial charge in [-0.05, 0) is 30.5 Å². The van der Waals surface area contributed by atoms with Gasteiger partial charge in [0, 0.05) is 9.85 Å². The summed E-state index contributed by atoms with van der Waals surface area (Å²) in [6, 6.07) is 5.89. The third kappa shape index (κ3) is 4.14. The van der Waals surface area contributed by atoms with Gasteiger partial charge in [-0.2, -0.15) is 0 Å². The zero-order valence-corrected chi connectivity index (χ0v) is 11.6. The molecule has 2 nitrogen and oxygen atoms in total. The molecule has 0 spiro atoms. The average molecular weight is 306 g/mol. The topological polar surface area (TPSA) is 26.3 Å². The van der Waals surface area contributed by atoms with E-state index < -0.39 is 0 Å². The first kappa shape index (κ1) is 13.5. The number of aryl methyl sites for hydroxylation is 1. The average Bonchev–Trinajstić information content (AvgIpc) is 2.23. The fraction of sp³-hybridized carbons (Fsp3) is 0.417. The number of halogens is 2. The van der Waals surface area contributed by atoms with Crippen molar-refractivity contribution in [2.45, 2.75) is 24.6 Å². The number of methoxy groups -OCH3 is 1. The molecule has 0 aliphatic heterocycles. The second-order valence-electron chi connectivity index (χ2n) is 3.67. The highest BCUT2D eigenvalue weighted by molar-refractivity contribution is 9.09. The number of carbonyl (C=O) groups is 1. The maximum absolute atomic E-state index is 11.1. The molecule has 0 fully saturated rings. The van der Waals surface area contributed by atoms with Crippen LogP contribution < -0.4 is 0 Å². The van der Waals surface area contributed by atoms with Gasteiger partial charge in [-0.25, -0.2) is 0 Å². The second-order valence-corrected chi connectivity index (χ2v) is 5.37. The van der Waals surface area contributed by atoms with E-state index in [-0.39, 0.29) is 10.8 Å². The SMILES string of the molecule is COC(=O)CC(Br)Cc1ccc(Cl)c(C)c1. The van der Waals surface area contributed by atoms with Crippen molar-refractivity contribution < 1.29 is 9.53 Å². The molecule has 4 heteroatoms. The zero-order valence-electron chi connectivity index (χ0n) is 9.30. The molecule has 0 amide bonds. The van der Waals surface area contributed by atoms with E-state index in [0.717, 1.165) is 22.6 Å². The second kappa shape index (κ2) is 6.26. The van der Waals surface area contributed by atoms with Gasteiger partial charge in [0.25, 0.3) is 0 Å². The summed E-state index contributed by atoms with van der Waals surface area (Å²) in [6.07, 6.45) is 1.16. The van der Waals surface area contributed by atoms with Crippen LogP contribution >= 0.6 is 27.5 Å². The van der Waals surface area contributed by atoms with E-state index in [1.807, 2.05) is 25.1 Å². The third-order valence-corrected chi connectivity index (χ3v) is 3.37. The van der Waals surface area contributed by atoms with E-state index >= 15 is 0 Å². The Morgan fingerprint density at radius 1 is 1.56 bits per heavy atom. The van der Waals surface area contributed by atoms with Gasteiger partial charge < -0.3 is 4.74 Å². The Kier molecular flexibility index (Phi) is 5.29. The lowest BCUT2D eigenvalue weighted by atomic mass is 10.1. The third-order valence-electron chi connectivity index (χ3n) is 2.30. The maximum Gasteiger partial charge on any atom is 0.306 e. The smallest absolute Gasteiger partial charge is 0.306 e. The van der Waals surface area contributed by atoms with Crippen molar-refractivity contribution in [2.24, 2.45) is 0 Å². The molecule has 1 atom stereocenters. The molecule has 0 saturated carbocycles. The lowest BCUT2D eigenvalue weighted by Crippen LogP contribution is -2.11. The van der Waals surface area contributed by atoms with Gasteiger partial charge in [0.05, 0.1) is 13.5 Å². The van der Waals surface area contributed by atoms with Crippen LogP contribution in [0.25, 0.3) is 0 Å². The van der Waals surface area contributed by atoms with Crippen LogP contribution in [-0.4, -0.2) is 17.9 Å². The first-order valence-corrected chi connectivity index (χ1v) is 6.28. The highest BCUT2D eigenvalue weighted by Crippen LogP contribution is 2.20. The highest BCUT2D eigenvalue weighted by Gasteiger charge is 2.11. The van der Waals surface area contributed by atoms with Crippen molar-refractivity contribution in [3.8, 4) is 0 Å². The van der Waals surface area contributed by atoms with Crippen LogP contribution in [0.4, 0.5) is 0 Å². The molecule has 1 aromatic carbocycles. The van der Waals surface area contributed by atoms with E-state index in [4.69, 9.17) is 11.6 Å². The summed E-state index contributed by atoms with van der Waals surface area (Å²) in [4.78, 5) is 11.2. The molecule has 16 heavy (non-hydrogen) atoms. The monoisotopic (exact) mass is 304 g/mol. The molecule has 0 saturated heterocycles. The predicted octanol–water partition coefficient (Wildman–Crippen LogP) is 3.52. The van der Waals surface area contributed by atoms with Crippen LogP contribution in [-0.2, 0) is 16.0 Å². The summed E-state index contributed by atoms with van der Waals surface area (Å²) in [5.74, 6) is -0.201. The molecule has 0 aromatic heterocycles. The van der Waals surface area contributed by atoms with Gasteiger partial charge in [-0.3, -0.25) is 4.79 Å². The summed E-state index contributed by atoms with van der Waals surface area (Å²) in [5, 5.41) is 0.767. The lowest BCUT2D eigenvalue weighted by molar-refractivity contribution is -0.140. The number of alkyl halides is 1. The quantitative estimate of drug-likeness (QED) is 0.628. The molecule has 1 unspecified atom stereocenters. The Hall–Kier alpha value is -0.540. The Bertz CT molecular complexity index is 379. The molecule has 88 valence electrons.